The van der Waals surface area contributed by atoms with E-state index in [1.165, 1.54) is 15.1 Å². The van der Waals surface area contributed by atoms with Crippen LogP contribution in [-0.2, 0) is 13.5 Å². The fourth-order valence-corrected chi connectivity index (χ4v) is 4.67. The van der Waals surface area contributed by atoms with Gasteiger partial charge in [0.25, 0.3) is 11.5 Å². The number of primary amides is 1. The molecule has 200 valence electrons. The molecule has 0 fully saturated rings. The Balaban J connectivity index is 0.000000207. The summed E-state index contributed by atoms with van der Waals surface area (Å²) in [5, 5.41) is 5.44. The Labute approximate surface area is 228 Å². The number of pyridine rings is 2. The van der Waals surface area contributed by atoms with Gasteiger partial charge in [-0.15, -0.1) is 5.10 Å². The number of para-hydroxylation sites is 1. The number of nitrogen functional groups attached to an aromatic ring is 1. The van der Waals surface area contributed by atoms with Gasteiger partial charge < -0.3 is 16.0 Å². The first-order valence-corrected chi connectivity index (χ1v) is 12.6. The van der Waals surface area contributed by atoms with Gasteiger partial charge in [-0.05, 0) is 53.3 Å². The van der Waals surface area contributed by atoms with Crippen LogP contribution in [-0.4, -0.2) is 29.6 Å². The van der Waals surface area contributed by atoms with Gasteiger partial charge in [0.2, 0.25) is 5.56 Å². The van der Waals surface area contributed by atoms with E-state index in [0.29, 0.717) is 11.0 Å². The third-order valence-electron chi connectivity index (χ3n) is 6.57. The maximum atomic E-state index is 13.5. The summed E-state index contributed by atoms with van der Waals surface area (Å²) in [5.41, 5.74) is 14.5. The van der Waals surface area contributed by atoms with Gasteiger partial charge in [0, 0.05) is 43.1 Å². The van der Waals surface area contributed by atoms with Crippen molar-refractivity contribution in [3.05, 3.63) is 123 Å². The summed E-state index contributed by atoms with van der Waals surface area (Å²) in [5.74, 6) is -0.516. The highest BCUT2D eigenvalue weighted by Crippen LogP contribution is 2.27. The molecule has 6 aromatic rings. The number of aromatic nitrogens is 5. The Kier molecular flexibility index (Phi) is 6.98. The Morgan fingerprint density at radius 1 is 0.975 bits per heavy atom. The van der Waals surface area contributed by atoms with Crippen molar-refractivity contribution in [1.29, 1.82) is 0 Å². The Hall–Kier alpha value is -5.51. The average molecular weight is 534 g/mol. The second-order valence-electron chi connectivity index (χ2n) is 9.11. The minimum atomic E-state index is -0.619. The quantitative estimate of drug-likeness (QED) is 0.356. The van der Waals surface area contributed by atoms with Crippen LogP contribution in [0, 0.1) is 0 Å². The van der Waals surface area contributed by atoms with Crippen molar-refractivity contribution in [2.45, 2.75) is 13.3 Å². The number of carbonyl (C=O) groups is 1. The molecule has 1 amide bonds. The highest BCUT2D eigenvalue weighted by atomic mass is 16.1. The molecule has 0 atom stereocenters. The van der Waals surface area contributed by atoms with E-state index in [2.05, 4.69) is 23.1 Å². The maximum Gasteiger partial charge on any atom is 0.263 e. The SMILES string of the molecule is CCc1cc2cccc(-c3ccc(=O)n(C)c3)c2c(=O)n1-c1ccccc1.NC(=O)c1c(N)nn2cccnc12. The summed E-state index contributed by atoms with van der Waals surface area (Å²) < 4.78 is 4.73. The molecule has 0 aliphatic carbocycles. The van der Waals surface area contributed by atoms with E-state index < -0.39 is 5.91 Å². The third kappa shape index (κ3) is 4.73. The number of nitrogens with two attached hydrogens (primary N) is 2. The molecule has 0 aliphatic rings. The number of aryl methyl sites for hydroxylation is 2. The highest BCUT2D eigenvalue weighted by Gasteiger charge is 2.16. The number of anilines is 1. The molecule has 0 saturated heterocycles. The lowest BCUT2D eigenvalue weighted by Gasteiger charge is -2.15. The van der Waals surface area contributed by atoms with E-state index in [4.69, 9.17) is 11.5 Å². The zero-order chi connectivity index (χ0) is 28.4. The number of fused-ring (bicyclic) bond motifs is 2. The zero-order valence-corrected chi connectivity index (χ0v) is 22.0. The van der Waals surface area contributed by atoms with Crippen molar-refractivity contribution in [3.63, 3.8) is 0 Å². The lowest BCUT2D eigenvalue weighted by atomic mass is 9.99. The summed E-state index contributed by atoms with van der Waals surface area (Å²) in [6, 6.07) is 22.6. The molecule has 6 rings (SSSR count). The number of hydrogen-bond acceptors (Lipinski definition) is 6. The van der Waals surface area contributed by atoms with Crippen molar-refractivity contribution in [2.75, 3.05) is 5.73 Å². The van der Waals surface area contributed by atoms with Gasteiger partial charge in [-0.2, -0.15) is 0 Å². The van der Waals surface area contributed by atoms with E-state index in [0.717, 1.165) is 34.3 Å². The third-order valence-corrected chi connectivity index (χ3v) is 6.57. The lowest BCUT2D eigenvalue weighted by molar-refractivity contribution is 0.100. The summed E-state index contributed by atoms with van der Waals surface area (Å²) in [4.78, 5) is 40.2. The van der Waals surface area contributed by atoms with Crippen molar-refractivity contribution in [1.82, 2.24) is 23.7 Å². The normalized spacial score (nSPS) is 10.8. The lowest BCUT2D eigenvalue weighted by Crippen LogP contribution is -2.22. The summed E-state index contributed by atoms with van der Waals surface area (Å²) in [6.45, 7) is 2.05. The van der Waals surface area contributed by atoms with Crippen LogP contribution in [0.25, 0.3) is 33.2 Å². The van der Waals surface area contributed by atoms with Crippen LogP contribution in [0.3, 0.4) is 0 Å². The van der Waals surface area contributed by atoms with E-state index in [9.17, 15) is 14.4 Å². The highest BCUT2D eigenvalue weighted by molar-refractivity contribution is 6.03. The number of rotatable bonds is 4. The number of carbonyl (C=O) groups excluding carboxylic acids is 1. The molecule has 0 bridgehead atoms. The molecule has 0 aliphatic heterocycles. The molecule has 4 heterocycles. The minimum absolute atomic E-state index is 0.0417. The fraction of sp³-hybridized carbons (Fsp3) is 0.100. The molecular formula is C30H27N7O3. The molecule has 40 heavy (non-hydrogen) atoms. The minimum Gasteiger partial charge on any atom is -0.381 e. The van der Waals surface area contributed by atoms with E-state index in [1.807, 2.05) is 48.5 Å². The molecule has 2 aromatic carbocycles. The zero-order valence-electron chi connectivity index (χ0n) is 22.0. The second kappa shape index (κ2) is 10.7. The summed E-state index contributed by atoms with van der Waals surface area (Å²) in [6.07, 6.45) is 5.72. The maximum absolute atomic E-state index is 13.5. The molecule has 4 N–H and O–H groups in total. The van der Waals surface area contributed by atoms with Crippen molar-refractivity contribution in [2.24, 2.45) is 12.8 Å². The van der Waals surface area contributed by atoms with E-state index >= 15 is 0 Å². The van der Waals surface area contributed by atoms with Gasteiger partial charge >= 0.3 is 0 Å². The van der Waals surface area contributed by atoms with E-state index in [1.54, 1.807) is 42.3 Å². The number of amides is 1. The Morgan fingerprint density at radius 2 is 1.75 bits per heavy atom. The van der Waals surface area contributed by atoms with Gasteiger partial charge in [-0.25, -0.2) is 9.50 Å². The first-order chi connectivity index (χ1) is 19.3. The first-order valence-electron chi connectivity index (χ1n) is 12.6. The predicted molar refractivity (Wildman–Crippen MR) is 156 cm³/mol. The summed E-state index contributed by atoms with van der Waals surface area (Å²) in [7, 11) is 1.72. The molecule has 4 aromatic heterocycles. The van der Waals surface area contributed by atoms with Gasteiger partial charge in [-0.3, -0.25) is 19.0 Å². The topological polar surface area (TPSA) is 143 Å². The van der Waals surface area contributed by atoms with Crippen molar-refractivity contribution in [3.8, 4) is 16.8 Å². The van der Waals surface area contributed by atoms with E-state index in [-0.39, 0.29) is 22.5 Å². The smallest absolute Gasteiger partial charge is 0.263 e. The van der Waals surface area contributed by atoms with Gasteiger partial charge in [0.1, 0.15) is 5.56 Å². The van der Waals surface area contributed by atoms with Crippen LogP contribution < -0.4 is 22.6 Å². The van der Waals surface area contributed by atoms with Gasteiger partial charge in [0.05, 0.1) is 5.39 Å². The van der Waals surface area contributed by atoms with Crippen LogP contribution in [0.5, 0.6) is 0 Å². The predicted octanol–water partition coefficient (Wildman–Crippen LogP) is 3.33. The Bertz CT molecular complexity index is 1990. The second-order valence-corrected chi connectivity index (χ2v) is 9.11. The molecular weight excluding hydrogens is 506 g/mol. The number of hydrogen-bond donors (Lipinski definition) is 2. The van der Waals surface area contributed by atoms with Crippen LogP contribution in [0.2, 0.25) is 0 Å². The molecule has 0 unspecified atom stereocenters. The van der Waals surface area contributed by atoms with Crippen LogP contribution in [0.4, 0.5) is 5.82 Å². The first kappa shape index (κ1) is 26.1. The molecule has 0 saturated carbocycles. The van der Waals surface area contributed by atoms with Crippen molar-refractivity contribution >= 4 is 28.1 Å². The van der Waals surface area contributed by atoms with Gasteiger partial charge in [-0.1, -0.05) is 43.3 Å². The van der Waals surface area contributed by atoms with Crippen LogP contribution >= 0.6 is 0 Å². The monoisotopic (exact) mass is 533 g/mol. The molecule has 10 heteroatoms. The number of nitrogens with zero attached hydrogens (tertiary/aromatic N) is 5. The largest absolute Gasteiger partial charge is 0.381 e. The molecule has 10 nitrogen and oxygen atoms in total. The standard InChI is InChI=1S/C23H20N2O2.C7H7N5O/c1-3-18-14-16-8-7-11-20(17-12-13-21(26)24(2)15-17)22(16)23(27)25(18)19-9-5-4-6-10-19;8-5-4(6(9)13)7-10-2-1-3-12(7)11-5/h4-15H,3H2,1-2H3;1-3H,(H2,8,11)(H2,9,13). The summed E-state index contributed by atoms with van der Waals surface area (Å²) >= 11 is 0. The van der Waals surface area contributed by atoms with Gasteiger partial charge in [0.15, 0.2) is 11.5 Å². The molecule has 0 radical (unpaired) electrons. The van der Waals surface area contributed by atoms with Crippen LogP contribution in [0.15, 0.2) is 101 Å². The average Bonchev–Trinajstić information content (AvgIpc) is 3.30. The van der Waals surface area contributed by atoms with Crippen LogP contribution in [0.1, 0.15) is 23.0 Å². The number of benzene rings is 2. The van der Waals surface area contributed by atoms with Crippen molar-refractivity contribution < 1.29 is 4.79 Å². The molecule has 0 spiro atoms. The Morgan fingerprint density at radius 3 is 2.45 bits per heavy atom. The fourth-order valence-electron chi connectivity index (χ4n) is 4.67.